The molecule has 2 heteroatoms. The van der Waals surface area contributed by atoms with Gasteiger partial charge in [-0.05, 0) is 43.9 Å². The molecule has 2 aliphatic carbocycles. The molecule has 2 aliphatic rings. The van der Waals surface area contributed by atoms with Crippen LogP contribution < -0.4 is 0 Å². The van der Waals surface area contributed by atoms with E-state index in [2.05, 4.69) is 41.2 Å². The number of ether oxygens (including phenoxy) is 1. The second-order valence-electron chi connectivity index (χ2n) is 7.23. The Kier molecular flexibility index (Phi) is 2.74. The van der Waals surface area contributed by atoms with Crippen molar-refractivity contribution in [3.8, 4) is 0 Å². The summed E-state index contributed by atoms with van der Waals surface area (Å²) in [5.41, 5.74) is 0.540. The molecule has 5 unspecified atom stereocenters. The van der Waals surface area contributed by atoms with Crippen molar-refractivity contribution >= 4 is 5.97 Å². The molecule has 0 N–H and O–H groups in total. The molecule has 0 aromatic heterocycles. The fourth-order valence-electron chi connectivity index (χ4n) is 4.74. The number of hydrogen-bond donors (Lipinski definition) is 0. The Balaban J connectivity index is 2.31. The third-order valence-electron chi connectivity index (χ3n) is 6.48. The van der Waals surface area contributed by atoms with Gasteiger partial charge in [-0.15, -0.1) is 0 Å². The largest absolute Gasteiger partial charge is 0.455 e. The molecule has 18 heavy (non-hydrogen) atoms. The van der Waals surface area contributed by atoms with E-state index in [4.69, 9.17) is 4.74 Å². The first-order chi connectivity index (χ1) is 8.08. The first kappa shape index (κ1) is 13.6. The SMILES string of the molecule is C=C(C)C(=O)OC1(C)CC(C)C2(C)C(C)CC12C. The van der Waals surface area contributed by atoms with Gasteiger partial charge in [0.1, 0.15) is 5.60 Å². The first-order valence-electron chi connectivity index (χ1n) is 6.97. The van der Waals surface area contributed by atoms with Crippen LogP contribution in [0.1, 0.15) is 54.4 Å². The van der Waals surface area contributed by atoms with Gasteiger partial charge in [-0.2, -0.15) is 0 Å². The van der Waals surface area contributed by atoms with Crippen molar-refractivity contribution in [1.82, 2.24) is 0 Å². The summed E-state index contributed by atoms with van der Waals surface area (Å²) in [4.78, 5) is 11.9. The van der Waals surface area contributed by atoms with Crippen LogP contribution in [-0.2, 0) is 9.53 Å². The molecule has 0 saturated heterocycles. The van der Waals surface area contributed by atoms with Crippen LogP contribution in [0.5, 0.6) is 0 Å². The lowest BCUT2D eigenvalue weighted by molar-refractivity contribution is -0.208. The van der Waals surface area contributed by atoms with E-state index < -0.39 is 0 Å². The number of fused-ring (bicyclic) bond motifs is 1. The fourth-order valence-corrected chi connectivity index (χ4v) is 4.74. The summed E-state index contributed by atoms with van der Waals surface area (Å²) >= 11 is 0. The molecule has 0 amide bonds. The Hall–Kier alpha value is -0.790. The molecule has 2 saturated carbocycles. The summed E-state index contributed by atoms with van der Waals surface area (Å²) in [5, 5.41) is 0. The highest BCUT2D eigenvalue weighted by Crippen LogP contribution is 2.75. The topological polar surface area (TPSA) is 26.3 Å². The molecule has 102 valence electrons. The van der Waals surface area contributed by atoms with Crippen molar-refractivity contribution in [2.45, 2.75) is 60.0 Å². The quantitative estimate of drug-likeness (QED) is 0.548. The lowest BCUT2D eigenvalue weighted by Gasteiger charge is -2.63. The molecule has 2 nitrogen and oxygen atoms in total. The average Bonchev–Trinajstić information content (AvgIpc) is 2.36. The zero-order valence-corrected chi connectivity index (χ0v) is 12.6. The highest BCUT2D eigenvalue weighted by molar-refractivity contribution is 5.87. The normalized spacial score (nSPS) is 50.3. The van der Waals surface area contributed by atoms with Gasteiger partial charge in [-0.1, -0.05) is 34.3 Å². The molecule has 0 aromatic carbocycles. The minimum Gasteiger partial charge on any atom is -0.455 e. The Morgan fingerprint density at radius 1 is 1.17 bits per heavy atom. The highest BCUT2D eigenvalue weighted by atomic mass is 16.6. The summed E-state index contributed by atoms with van der Waals surface area (Å²) < 4.78 is 5.84. The van der Waals surface area contributed by atoms with E-state index in [1.165, 1.54) is 0 Å². The Bertz CT molecular complexity index is 413. The van der Waals surface area contributed by atoms with E-state index in [0.29, 0.717) is 17.4 Å². The van der Waals surface area contributed by atoms with Gasteiger partial charge < -0.3 is 4.74 Å². The zero-order chi connectivity index (χ0) is 13.9. The molecular formula is C16H26O2. The highest BCUT2D eigenvalue weighted by Gasteiger charge is 2.73. The number of carbonyl (C=O) groups is 1. The average molecular weight is 250 g/mol. The van der Waals surface area contributed by atoms with Gasteiger partial charge in [-0.25, -0.2) is 4.79 Å². The standard InChI is InChI=1S/C16H26O2/c1-10(2)13(17)18-15(6)9-12(4)16(7)11(3)8-14(15,16)5/h11-12H,1,8-9H2,2-7H3. The van der Waals surface area contributed by atoms with Gasteiger partial charge in [0.25, 0.3) is 0 Å². The van der Waals surface area contributed by atoms with Crippen molar-refractivity contribution in [3.05, 3.63) is 12.2 Å². The summed E-state index contributed by atoms with van der Waals surface area (Å²) in [5.74, 6) is 1.06. The van der Waals surface area contributed by atoms with Gasteiger partial charge in [0.2, 0.25) is 0 Å². The Morgan fingerprint density at radius 2 is 1.67 bits per heavy atom. The third-order valence-corrected chi connectivity index (χ3v) is 6.48. The van der Waals surface area contributed by atoms with E-state index in [1.807, 2.05) is 0 Å². The Labute approximate surface area is 111 Å². The second kappa shape index (κ2) is 3.61. The molecular weight excluding hydrogens is 224 g/mol. The molecule has 2 rings (SSSR count). The maximum Gasteiger partial charge on any atom is 0.333 e. The lowest BCUT2D eigenvalue weighted by atomic mass is 9.43. The maximum atomic E-state index is 11.9. The summed E-state index contributed by atoms with van der Waals surface area (Å²) in [7, 11) is 0. The van der Waals surface area contributed by atoms with Crippen molar-refractivity contribution in [3.63, 3.8) is 0 Å². The van der Waals surface area contributed by atoms with Gasteiger partial charge in [0.05, 0.1) is 0 Å². The number of hydrogen-bond acceptors (Lipinski definition) is 2. The zero-order valence-electron chi connectivity index (χ0n) is 12.6. The predicted molar refractivity (Wildman–Crippen MR) is 73.1 cm³/mol. The van der Waals surface area contributed by atoms with Crippen molar-refractivity contribution < 1.29 is 9.53 Å². The Morgan fingerprint density at radius 3 is 2.06 bits per heavy atom. The van der Waals surface area contributed by atoms with E-state index in [1.54, 1.807) is 6.92 Å². The molecule has 0 aromatic rings. The summed E-state index contributed by atoms with van der Waals surface area (Å²) in [6.45, 7) is 16.8. The molecule has 0 spiro atoms. The minimum absolute atomic E-state index is 0.101. The second-order valence-corrected chi connectivity index (χ2v) is 7.23. The number of esters is 1. The maximum absolute atomic E-state index is 11.9. The smallest absolute Gasteiger partial charge is 0.333 e. The van der Waals surface area contributed by atoms with Crippen LogP contribution in [0, 0.1) is 22.7 Å². The van der Waals surface area contributed by atoms with Gasteiger partial charge in [0, 0.05) is 11.0 Å². The van der Waals surface area contributed by atoms with E-state index in [-0.39, 0.29) is 22.4 Å². The number of carbonyl (C=O) groups excluding carboxylic acids is 1. The predicted octanol–water partition coefficient (Wildman–Crippen LogP) is 3.96. The third kappa shape index (κ3) is 1.32. The van der Waals surface area contributed by atoms with Crippen LogP contribution in [0.3, 0.4) is 0 Å². The van der Waals surface area contributed by atoms with Gasteiger partial charge in [-0.3, -0.25) is 0 Å². The van der Waals surface area contributed by atoms with Crippen LogP contribution in [0.4, 0.5) is 0 Å². The minimum atomic E-state index is -0.344. The van der Waals surface area contributed by atoms with Crippen LogP contribution in [-0.4, -0.2) is 11.6 Å². The van der Waals surface area contributed by atoms with Crippen LogP contribution in [0.2, 0.25) is 0 Å². The van der Waals surface area contributed by atoms with Crippen LogP contribution in [0.15, 0.2) is 12.2 Å². The molecule has 5 atom stereocenters. The molecule has 0 radical (unpaired) electrons. The van der Waals surface area contributed by atoms with Crippen LogP contribution in [0.25, 0.3) is 0 Å². The molecule has 0 aliphatic heterocycles. The van der Waals surface area contributed by atoms with E-state index in [0.717, 1.165) is 12.8 Å². The summed E-state index contributed by atoms with van der Waals surface area (Å²) in [6, 6.07) is 0. The van der Waals surface area contributed by atoms with E-state index >= 15 is 0 Å². The van der Waals surface area contributed by atoms with E-state index in [9.17, 15) is 4.79 Å². The van der Waals surface area contributed by atoms with Gasteiger partial charge in [0.15, 0.2) is 0 Å². The lowest BCUT2D eigenvalue weighted by Crippen LogP contribution is -2.61. The van der Waals surface area contributed by atoms with Crippen molar-refractivity contribution in [1.29, 1.82) is 0 Å². The van der Waals surface area contributed by atoms with Crippen molar-refractivity contribution in [2.24, 2.45) is 22.7 Å². The molecule has 0 bridgehead atoms. The number of rotatable bonds is 2. The van der Waals surface area contributed by atoms with Crippen LogP contribution >= 0.6 is 0 Å². The monoisotopic (exact) mass is 250 g/mol. The van der Waals surface area contributed by atoms with Gasteiger partial charge >= 0.3 is 5.97 Å². The fraction of sp³-hybridized carbons (Fsp3) is 0.812. The molecule has 0 heterocycles. The summed E-state index contributed by atoms with van der Waals surface area (Å²) in [6.07, 6.45) is 2.11. The molecule has 2 fully saturated rings. The van der Waals surface area contributed by atoms with Crippen molar-refractivity contribution in [2.75, 3.05) is 0 Å². The first-order valence-corrected chi connectivity index (χ1v) is 6.97.